The number of rotatable bonds is 6. The Morgan fingerprint density at radius 3 is 2.90 bits per heavy atom. The van der Waals surface area contributed by atoms with E-state index in [4.69, 9.17) is 4.98 Å². The molecule has 1 atom stereocenters. The van der Waals surface area contributed by atoms with Crippen molar-refractivity contribution in [2.45, 2.75) is 64.3 Å². The predicted octanol–water partition coefficient (Wildman–Crippen LogP) is 3.52. The van der Waals surface area contributed by atoms with Crippen molar-refractivity contribution in [2.24, 2.45) is 0 Å². The third kappa shape index (κ3) is 4.05. The fraction of sp³-hybridized carbons (Fsp3) is 0.524. The third-order valence-electron chi connectivity index (χ3n) is 5.62. The first-order valence-corrected chi connectivity index (χ1v) is 12.3. The van der Waals surface area contributed by atoms with Crippen molar-refractivity contribution in [3.8, 4) is 0 Å². The summed E-state index contributed by atoms with van der Waals surface area (Å²) in [5.41, 5.74) is 1.81. The van der Waals surface area contributed by atoms with Crippen molar-refractivity contribution in [1.82, 2.24) is 24.2 Å². The summed E-state index contributed by atoms with van der Waals surface area (Å²) >= 11 is 2.96. The van der Waals surface area contributed by atoms with E-state index in [0.29, 0.717) is 29.3 Å². The molecule has 7 nitrogen and oxygen atoms in total. The van der Waals surface area contributed by atoms with Crippen molar-refractivity contribution in [1.29, 1.82) is 0 Å². The molecule has 0 radical (unpaired) electrons. The molecular formula is C21H27N5O2S2. The molecule has 160 valence electrons. The minimum absolute atomic E-state index is 0.0999. The van der Waals surface area contributed by atoms with Gasteiger partial charge in [-0.2, -0.15) is 5.10 Å². The predicted molar refractivity (Wildman–Crippen MR) is 121 cm³/mol. The lowest BCUT2D eigenvalue weighted by molar-refractivity contribution is -0.131. The van der Waals surface area contributed by atoms with Gasteiger partial charge in [0.25, 0.3) is 5.56 Å². The van der Waals surface area contributed by atoms with Gasteiger partial charge in [0, 0.05) is 24.0 Å². The molecule has 0 saturated carbocycles. The van der Waals surface area contributed by atoms with Gasteiger partial charge >= 0.3 is 0 Å². The molecule has 30 heavy (non-hydrogen) atoms. The van der Waals surface area contributed by atoms with Crippen LogP contribution < -0.4 is 5.56 Å². The first-order valence-electron chi connectivity index (χ1n) is 10.4. The van der Waals surface area contributed by atoms with Crippen LogP contribution in [-0.2, 0) is 17.9 Å². The van der Waals surface area contributed by atoms with E-state index in [-0.39, 0.29) is 23.3 Å². The first kappa shape index (κ1) is 21.1. The molecule has 0 unspecified atom stereocenters. The Hall–Kier alpha value is -2.13. The molecule has 0 bridgehead atoms. The standard InChI is InChI=1S/C21H27N5O2S2/c1-4-26-19-18(15(3)23-26)22-21(25(20(19)28)12-16-9-7-11-29-16)30-13-17(27)24-10-6-5-8-14(24)2/h7,9,11,14H,4-6,8,10,12-13H2,1-3H3/t14-/m0/s1. The lowest BCUT2D eigenvalue weighted by Gasteiger charge is -2.33. The Bertz CT molecular complexity index is 1100. The molecule has 1 fully saturated rings. The van der Waals surface area contributed by atoms with Crippen LogP contribution in [0.15, 0.2) is 27.5 Å². The molecule has 1 aliphatic rings. The minimum atomic E-state index is -0.0999. The lowest BCUT2D eigenvalue weighted by atomic mass is 10.0. The molecule has 9 heteroatoms. The van der Waals surface area contributed by atoms with Gasteiger partial charge in [0.2, 0.25) is 5.91 Å². The molecule has 1 saturated heterocycles. The highest BCUT2D eigenvalue weighted by Gasteiger charge is 2.24. The summed E-state index contributed by atoms with van der Waals surface area (Å²) in [5.74, 6) is 0.401. The van der Waals surface area contributed by atoms with Crippen molar-refractivity contribution >= 4 is 40.0 Å². The first-order chi connectivity index (χ1) is 14.5. The zero-order valence-corrected chi connectivity index (χ0v) is 19.3. The van der Waals surface area contributed by atoms with Crippen molar-refractivity contribution in [3.63, 3.8) is 0 Å². The Morgan fingerprint density at radius 1 is 1.37 bits per heavy atom. The smallest absolute Gasteiger partial charge is 0.280 e. The second kappa shape index (κ2) is 8.93. The number of carbonyl (C=O) groups excluding carboxylic acids is 1. The van der Waals surface area contributed by atoms with E-state index in [0.717, 1.165) is 30.0 Å². The van der Waals surface area contributed by atoms with Crippen LogP contribution in [0.25, 0.3) is 11.0 Å². The Balaban J connectivity index is 1.69. The van der Waals surface area contributed by atoms with E-state index >= 15 is 0 Å². The van der Waals surface area contributed by atoms with Gasteiger partial charge in [-0.05, 0) is 51.5 Å². The Morgan fingerprint density at radius 2 is 2.20 bits per heavy atom. The number of hydrogen-bond donors (Lipinski definition) is 0. The molecule has 1 amide bonds. The second-order valence-corrected chi connectivity index (χ2v) is 9.66. The fourth-order valence-electron chi connectivity index (χ4n) is 4.00. The number of thiophene rings is 1. The number of piperidine rings is 1. The monoisotopic (exact) mass is 445 g/mol. The number of aryl methyl sites for hydroxylation is 2. The third-order valence-corrected chi connectivity index (χ3v) is 7.45. The van der Waals surface area contributed by atoms with Crippen molar-refractivity contribution in [3.05, 3.63) is 38.4 Å². The average molecular weight is 446 g/mol. The number of nitrogens with zero attached hydrogens (tertiary/aromatic N) is 5. The maximum Gasteiger partial charge on any atom is 0.280 e. The molecule has 0 spiro atoms. The molecule has 1 aliphatic heterocycles. The lowest BCUT2D eigenvalue weighted by Crippen LogP contribution is -2.43. The van der Waals surface area contributed by atoms with Crippen molar-refractivity contribution in [2.75, 3.05) is 12.3 Å². The van der Waals surface area contributed by atoms with Crippen LogP contribution in [0.4, 0.5) is 0 Å². The number of aromatic nitrogens is 4. The van der Waals surface area contributed by atoms with Gasteiger partial charge in [0.15, 0.2) is 10.7 Å². The normalized spacial score (nSPS) is 17.0. The quantitative estimate of drug-likeness (QED) is 0.429. The van der Waals surface area contributed by atoms with E-state index in [1.807, 2.05) is 36.3 Å². The number of carbonyl (C=O) groups is 1. The van der Waals surface area contributed by atoms with Gasteiger partial charge in [-0.15, -0.1) is 11.3 Å². The van der Waals surface area contributed by atoms with Gasteiger partial charge in [-0.25, -0.2) is 4.98 Å². The Kier molecular flexibility index (Phi) is 6.29. The van der Waals surface area contributed by atoms with Crippen LogP contribution in [0.3, 0.4) is 0 Å². The zero-order valence-electron chi connectivity index (χ0n) is 17.6. The number of hydrogen-bond acceptors (Lipinski definition) is 6. The molecule has 3 aromatic rings. The molecule has 4 heterocycles. The highest BCUT2D eigenvalue weighted by molar-refractivity contribution is 7.99. The molecule has 4 rings (SSSR count). The molecular weight excluding hydrogens is 418 g/mol. The van der Waals surface area contributed by atoms with Crippen LogP contribution in [0.1, 0.15) is 43.7 Å². The van der Waals surface area contributed by atoms with Crippen molar-refractivity contribution < 1.29 is 4.79 Å². The summed E-state index contributed by atoms with van der Waals surface area (Å²) in [4.78, 5) is 34.1. The fourth-order valence-corrected chi connectivity index (χ4v) is 5.57. The number of amides is 1. The summed E-state index contributed by atoms with van der Waals surface area (Å²) in [6, 6.07) is 4.27. The summed E-state index contributed by atoms with van der Waals surface area (Å²) < 4.78 is 3.42. The number of fused-ring (bicyclic) bond motifs is 1. The van der Waals surface area contributed by atoms with Gasteiger partial charge < -0.3 is 4.90 Å². The molecule has 0 aromatic carbocycles. The zero-order chi connectivity index (χ0) is 21.3. The summed E-state index contributed by atoms with van der Waals surface area (Å²) in [7, 11) is 0. The maximum absolute atomic E-state index is 13.4. The highest BCUT2D eigenvalue weighted by atomic mass is 32.2. The van der Waals surface area contributed by atoms with Crippen LogP contribution in [-0.4, -0.2) is 48.5 Å². The summed E-state index contributed by atoms with van der Waals surface area (Å²) in [5, 5.41) is 7.07. The molecule has 3 aromatic heterocycles. The summed E-state index contributed by atoms with van der Waals surface area (Å²) in [6.45, 7) is 7.83. The van der Waals surface area contributed by atoms with E-state index in [9.17, 15) is 9.59 Å². The largest absolute Gasteiger partial charge is 0.339 e. The van der Waals surface area contributed by atoms with Crippen LogP contribution in [0.2, 0.25) is 0 Å². The Labute approximate surface area is 184 Å². The van der Waals surface area contributed by atoms with Gasteiger partial charge in [0.1, 0.15) is 5.52 Å². The average Bonchev–Trinajstić information content (AvgIpc) is 3.36. The maximum atomic E-state index is 13.4. The van der Waals surface area contributed by atoms with Crippen LogP contribution >= 0.6 is 23.1 Å². The minimum Gasteiger partial charge on any atom is -0.339 e. The van der Waals surface area contributed by atoms with E-state index in [2.05, 4.69) is 12.0 Å². The SMILES string of the molecule is CCn1nc(C)c2nc(SCC(=O)N3CCCC[C@@H]3C)n(Cc3cccs3)c(=O)c21. The topological polar surface area (TPSA) is 73.0 Å². The van der Waals surface area contributed by atoms with Gasteiger partial charge in [-0.3, -0.25) is 18.8 Å². The van der Waals surface area contributed by atoms with Crippen LogP contribution in [0.5, 0.6) is 0 Å². The highest BCUT2D eigenvalue weighted by Crippen LogP contribution is 2.24. The molecule has 0 aliphatic carbocycles. The summed E-state index contributed by atoms with van der Waals surface area (Å²) in [6.07, 6.45) is 3.29. The second-order valence-electron chi connectivity index (χ2n) is 7.68. The van der Waals surface area contributed by atoms with E-state index < -0.39 is 0 Å². The molecule has 0 N–H and O–H groups in total. The number of likely N-dealkylation sites (tertiary alicyclic amines) is 1. The van der Waals surface area contributed by atoms with E-state index in [1.165, 1.54) is 18.2 Å². The van der Waals surface area contributed by atoms with Crippen LogP contribution in [0, 0.1) is 6.92 Å². The van der Waals surface area contributed by atoms with E-state index in [1.54, 1.807) is 20.6 Å². The van der Waals surface area contributed by atoms with Gasteiger partial charge in [0.05, 0.1) is 18.0 Å². The van der Waals surface area contributed by atoms with Gasteiger partial charge in [-0.1, -0.05) is 17.8 Å². The number of thioether (sulfide) groups is 1.